The molecule has 1 aliphatic carbocycles. The molecule has 1 rings (SSSR count). The molecular weight excluding hydrogens is 188 g/mol. The minimum Gasteiger partial charge on any atom is -0.390 e. The predicted octanol–water partition coefficient (Wildman–Crippen LogP) is 2.87. The summed E-state index contributed by atoms with van der Waals surface area (Å²) in [5.74, 6) is 0.524. The monoisotopic (exact) mass is 214 g/mol. The van der Waals surface area contributed by atoms with Crippen LogP contribution in [0.1, 0.15) is 65.2 Å². The first-order chi connectivity index (χ1) is 7.08. The molecule has 0 saturated heterocycles. The van der Waals surface area contributed by atoms with E-state index in [2.05, 4.69) is 13.8 Å². The summed E-state index contributed by atoms with van der Waals surface area (Å²) in [5.41, 5.74) is -0.778. The van der Waals surface area contributed by atoms with Crippen molar-refractivity contribution in [2.75, 3.05) is 0 Å². The molecule has 90 valence electrons. The summed E-state index contributed by atoms with van der Waals surface area (Å²) in [6, 6.07) is 0. The SMILES string of the molecule is CCCC(C)CC(O)C1(O)CCCCC1. The Balaban J connectivity index is 2.39. The highest BCUT2D eigenvalue weighted by molar-refractivity contribution is 4.89. The molecule has 0 spiro atoms. The third-order valence-corrected chi connectivity index (χ3v) is 3.75. The van der Waals surface area contributed by atoms with E-state index in [4.69, 9.17) is 0 Å². The first-order valence-corrected chi connectivity index (χ1v) is 6.49. The minimum atomic E-state index is -0.778. The van der Waals surface area contributed by atoms with Crippen molar-refractivity contribution in [2.45, 2.75) is 76.9 Å². The summed E-state index contributed by atoms with van der Waals surface area (Å²) in [5, 5.41) is 20.4. The van der Waals surface area contributed by atoms with Crippen molar-refractivity contribution in [3.05, 3.63) is 0 Å². The van der Waals surface area contributed by atoms with Crippen LogP contribution in [0.4, 0.5) is 0 Å². The molecular formula is C13H26O2. The summed E-state index contributed by atoms with van der Waals surface area (Å²) in [6.07, 6.45) is 7.45. The Labute approximate surface area is 93.7 Å². The first-order valence-electron chi connectivity index (χ1n) is 6.49. The number of aliphatic hydroxyl groups excluding tert-OH is 1. The molecule has 0 bridgehead atoms. The zero-order chi connectivity index (χ0) is 11.3. The van der Waals surface area contributed by atoms with Crippen LogP contribution in [-0.2, 0) is 0 Å². The third kappa shape index (κ3) is 3.76. The molecule has 0 amide bonds. The van der Waals surface area contributed by atoms with Crippen LogP contribution < -0.4 is 0 Å². The summed E-state index contributed by atoms with van der Waals surface area (Å²) in [7, 11) is 0. The normalized spacial score (nSPS) is 24.8. The summed E-state index contributed by atoms with van der Waals surface area (Å²) >= 11 is 0. The maximum Gasteiger partial charge on any atom is 0.0905 e. The zero-order valence-corrected chi connectivity index (χ0v) is 10.2. The second-order valence-corrected chi connectivity index (χ2v) is 5.31. The summed E-state index contributed by atoms with van der Waals surface area (Å²) in [6.45, 7) is 4.33. The Morgan fingerprint density at radius 2 is 1.80 bits per heavy atom. The highest BCUT2D eigenvalue weighted by Gasteiger charge is 2.36. The maximum absolute atomic E-state index is 10.3. The molecule has 2 nitrogen and oxygen atoms in total. The van der Waals surface area contributed by atoms with E-state index in [1.807, 2.05) is 0 Å². The van der Waals surface area contributed by atoms with Crippen LogP contribution >= 0.6 is 0 Å². The molecule has 0 aromatic carbocycles. The van der Waals surface area contributed by atoms with Gasteiger partial charge < -0.3 is 10.2 Å². The van der Waals surface area contributed by atoms with Gasteiger partial charge in [-0.3, -0.25) is 0 Å². The van der Waals surface area contributed by atoms with Crippen molar-refractivity contribution in [1.29, 1.82) is 0 Å². The van der Waals surface area contributed by atoms with Gasteiger partial charge in [-0.2, -0.15) is 0 Å². The Bertz CT molecular complexity index is 173. The molecule has 0 radical (unpaired) electrons. The van der Waals surface area contributed by atoms with Gasteiger partial charge in [0.05, 0.1) is 11.7 Å². The van der Waals surface area contributed by atoms with Gasteiger partial charge in [0.2, 0.25) is 0 Å². The molecule has 2 heteroatoms. The van der Waals surface area contributed by atoms with Gasteiger partial charge in [0, 0.05) is 0 Å². The Kier molecular flexibility index (Phi) is 5.07. The number of hydrogen-bond donors (Lipinski definition) is 2. The summed E-state index contributed by atoms with van der Waals surface area (Å²) in [4.78, 5) is 0. The van der Waals surface area contributed by atoms with E-state index in [1.165, 1.54) is 6.42 Å². The number of rotatable bonds is 5. The lowest BCUT2D eigenvalue weighted by atomic mass is 9.78. The van der Waals surface area contributed by atoms with Crippen molar-refractivity contribution < 1.29 is 10.2 Å². The fourth-order valence-electron chi connectivity index (χ4n) is 2.71. The van der Waals surface area contributed by atoms with Crippen molar-refractivity contribution in [2.24, 2.45) is 5.92 Å². The van der Waals surface area contributed by atoms with Gasteiger partial charge in [0.1, 0.15) is 0 Å². The molecule has 0 aliphatic heterocycles. The molecule has 2 unspecified atom stereocenters. The van der Waals surface area contributed by atoms with Gasteiger partial charge in [0.15, 0.2) is 0 Å². The molecule has 2 atom stereocenters. The molecule has 2 N–H and O–H groups in total. The van der Waals surface area contributed by atoms with Crippen LogP contribution in [-0.4, -0.2) is 21.9 Å². The largest absolute Gasteiger partial charge is 0.390 e. The van der Waals surface area contributed by atoms with Crippen LogP contribution in [0.5, 0.6) is 0 Å². The van der Waals surface area contributed by atoms with Gasteiger partial charge >= 0.3 is 0 Å². The van der Waals surface area contributed by atoms with E-state index in [0.717, 1.165) is 44.9 Å². The highest BCUT2D eigenvalue weighted by atomic mass is 16.3. The van der Waals surface area contributed by atoms with E-state index in [9.17, 15) is 10.2 Å². The van der Waals surface area contributed by atoms with Crippen LogP contribution in [0.15, 0.2) is 0 Å². The average molecular weight is 214 g/mol. The Morgan fingerprint density at radius 1 is 1.20 bits per heavy atom. The fourth-order valence-corrected chi connectivity index (χ4v) is 2.71. The third-order valence-electron chi connectivity index (χ3n) is 3.75. The smallest absolute Gasteiger partial charge is 0.0905 e. The average Bonchev–Trinajstić information content (AvgIpc) is 2.19. The van der Waals surface area contributed by atoms with Crippen molar-refractivity contribution >= 4 is 0 Å². The first kappa shape index (κ1) is 13.0. The lowest BCUT2D eigenvalue weighted by Crippen LogP contribution is -2.44. The van der Waals surface area contributed by atoms with Crippen LogP contribution in [0.3, 0.4) is 0 Å². The van der Waals surface area contributed by atoms with Crippen LogP contribution in [0.25, 0.3) is 0 Å². The number of hydrogen-bond acceptors (Lipinski definition) is 2. The molecule has 1 aliphatic rings. The maximum atomic E-state index is 10.3. The van der Waals surface area contributed by atoms with Crippen molar-refractivity contribution in [1.82, 2.24) is 0 Å². The van der Waals surface area contributed by atoms with Gasteiger partial charge in [-0.15, -0.1) is 0 Å². The second kappa shape index (κ2) is 5.86. The van der Waals surface area contributed by atoms with Gasteiger partial charge in [-0.05, 0) is 25.2 Å². The lowest BCUT2D eigenvalue weighted by Gasteiger charge is -2.37. The molecule has 1 fully saturated rings. The predicted molar refractivity (Wildman–Crippen MR) is 62.7 cm³/mol. The highest BCUT2D eigenvalue weighted by Crippen LogP contribution is 2.33. The van der Waals surface area contributed by atoms with Crippen LogP contribution in [0, 0.1) is 5.92 Å². The van der Waals surface area contributed by atoms with Crippen molar-refractivity contribution in [3.63, 3.8) is 0 Å². The standard InChI is InChI=1S/C13H26O2/c1-3-7-11(2)10-12(14)13(15)8-5-4-6-9-13/h11-12,14-15H,3-10H2,1-2H3. The van der Waals surface area contributed by atoms with E-state index in [0.29, 0.717) is 5.92 Å². The Morgan fingerprint density at radius 3 is 2.33 bits per heavy atom. The van der Waals surface area contributed by atoms with Crippen molar-refractivity contribution in [3.8, 4) is 0 Å². The summed E-state index contributed by atoms with van der Waals surface area (Å²) < 4.78 is 0. The van der Waals surface area contributed by atoms with Gasteiger partial charge in [-0.25, -0.2) is 0 Å². The molecule has 15 heavy (non-hydrogen) atoms. The number of aliphatic hydroxyl groups is 2. The molecule has 1 saturated carbocycles. The van der Waals surface area contributed by atoms with E-state index in [1.54, 1.807) is 0 Å². The lowest BCUT2D eigenvalue weighted by molar-refractivity contribution is -0.104. The van der Waals surface area contributed by atoms with E-state index < -0.39 is 11.7 Å². The van der Waals surface area contributed by atoms with Gasteiger partial charge in [-0.1, -0.05) is 46.0 Å². The second-order valence-electron chi connectivity index (χ2n) is 5.31. The van der Waals surface area contributed by atoms with Crippen LogP contribution in [0.2, 0.25) is 0 Å². The molecule has 0 aromatic rings. The van der Waals surface area contributed by atoms with Gasteiger partial charge in [0.25, 0.3) is 0 Å². The minimum absolute atomic E-state index is 0.514. The molecule has 0 heterocycles. The Hall–Kier alpha value is -0.0800. The topological polar surface area (TPSA) is 40.5 Å². The quantitative estimate of drug-likeness (QED) is 0.739. The van der Waals surface area contributed by atoms with E-state index in [-0.39, 0.29) is 0 Å². The van der Waals surface area contributed by atoms with E-state index >= 15 is 0 Å². The molecule has 0 aromatic heterocycles. The zero-order valence-electron chi connectivity index (χ0n) is 10.2. The fraction of sp³-hybridized carbons (Fsp3) is 1.00.